The zero-order valence-electron chi connectivity index (χ0n) is 15.8. The molecule has 0 aliphatic carbocycles. The smallest absolute Gasteiger partial charge is 0.336 e. The van der Waals surface area contributed by atoms with Gasteiger partial charge in [-0.15, -0.1) is 0 Å². The van der Waals surface area contributed by atoms with Gasteiger partial charge in [0, 0.05) is 18.2 Å². The van der Waals surface area contributed by atoms with E-state index in [2.05, 4.69) is 13.8 Å². The Morgan fingerprint density at radius 3 is 2.12 bits per heavy atom. The molecule has 0 heterocycles. The number of carbonyl (C=O) groups is 1. The summed E-state index contributed by atoms with van der Waals surface area (Å²) in [6.07, 6.45) is 14.5. The highest BCUT2D eigenvalue weighted by atomic mass is 16.6. The minimum absolute atomic E-state index is 0.0351. The SMILES string of the molecule is CCCCCC(=C/C=C/C(=O)Oc1ccc([N+](=O)[O-])cc1)CCCCC. The molecule has 0 atom stereocenters. The second-order valence-electron chi connectivity index (χ2n) is 6.27. The average molecular weight is 359 g/mol. The van der Waals surface area contributed by atoms with Crippen molar-refractivity contribution in [2.75, 3.05) is 0 Å². The minimum atomic E-state index is -0.491. The molecule has 0 N–H and O–H groups in total. The Labute approximate surface area is 155 Å². The highest BCUT2D eigenvalue weighted by molar-refractivity contribution is 5.84. The van der Waals surface area contributed by atoms with Crippen LogP contribution in [0.15, 0.2) is 48.1 Å². The van der Waals surface area contributed by atoms with Crippen LogP contribution < -0.4 is 4.74 Å². The molecule has 0 unspecified atom stereocenters. The molecule has 0 aromatic heterocycles. The number of rotatable bonds is 12. The lowest BCUT2D eigenvalue weighted by Crippen LogP contribution is -2.03. The lowest BCUT2D eigenvalue weighted by molar-refractivity contribution is -0.384. The first-order valence-corrected chi connectivity index (χ1v) is 9.39. The Hall–Kier alpha value is -2.43. The van der Waals surface area contributed by atoms with Gasteiger partial charge < -0.3 is 4.74 Å². The first-order valence-electron chi connectivity index (χ1n) is 9.39. The highest BCUT2D eigenvalue weighted by Gasteiger charge is 2.06. The van der Waals surface area contributed by atoms with Crippen molar-refractivity contribution in [2.24, 2.45) is 0 Å². The van der Waals surface area contributed by atoms with E-state index in [4.69, 9.17) is 4.74 Å². The maximum absolute atomic E-state index is 11.9. The third-order valence-electron chi connectivity index (χ3n) is 4.03. The summed E-state index contributed by atoms with van der Waals surface area (Å²) in [5, 5.41) is 10.6. The Morgan fingerprint density at radius 1 is 1.04 bits per heavy atom. The highest BCUT2D eigenvalue weighted by Crippen LogP contribution is 2.18. The summed E-state index contributed by atoms with van der Waals surface area (Å²) in [4.78, 5) is 22.0. The number of benzene rings is 1. The normalized spacial score (nSPS) is 10.7. The molecule has 0 saturated carbocycles. The fraction of sp³-hybridized carbons (Fsp3) is 0.476. The van der Waals surface area contributed by atoms with E-state index in [1.807, 2.05) is 6.08 Å². The molecule has 0 radical (unpaired) electrons. The summed E-state index contributed by atoms with van der Waals surface area (Å²) in [5.74, 6) is -0.197. The first-order chi connectivity index (χ1) is 12.6. The Bertz CT molecular complexity index is 605. The first kappa shape index (κ1) is 21.6. The molecule has 5 nitrogen and oxygen atoms in total. The number of unbranched alkanes of at least 4 members (excludes halogenated alkanes) is 4. The number of nitro groups is 1. The van der Waals surface area contributed by atoms with E-state index in [0.717, 1.165) is 12.8 Å². The van der Waals surface area contributed by atoms with E-state index in [9.17, 15) is 14.9 Å². The van der Waals surface area contributed by atoms with E-state index >= 15 is 0 Å². The maximum atomic E-state index is 11.9. The van der Waals surface area contributed by atoms with Gasteiger partial charge in [0.05, 0.1) is 4.92 Å². The average Bonchev–Trinajstić information content (AvgIpc) is 2.62. The van der Waals surface area contributed by atoms with Gasteiger partial charge in [0.15, 0.2) is 0 Å². The van der Waals surface area contributed by atoms with Crippen LogP contribution in [0, 0.1) is 10.1 Å². The van der Waals surface area contributed by atoms with Crippen LogP contribution in [0.2, 0.25) is 0 Å². The predicted molar refractivity (Wildman–Crippen MR) is 104 cm³/mol. The van der Waals surface area contributed by atoms with Crippen LogP contribution >= 0.6 is 0 Å². The molecule has 0 aliphatic heterocycles. The van der Waals surface area contributed by atoms with E-state index in [1.54, 1.807) is 6.08 Å². The van der Waals surface area contributed by atoms with Gasteiger partial charge in [0.25, 0.3) is 5.69 Å². The van der Waals surface area contributed by atoms with E-state index in [1.165, 1.54) is 74.4 Å². The Kier molecular flexibility index (Phi) is 10.7. The predicted octanol–water partition coefficient (Wildman–Crippen LogP) is 6.14. The number of ether oxygens (including phenoxy) is 1. The molecule has 0 fully saturated rings. The largest absolute Gasteiger partial charge is 0.423 e. The molecule has 0 bridgehead atoms. The minimum Gasteiger partial charge on any atom is -0.423 e. The van der Waals surface area contributed by atoms with Gasteiger partial charge in [0.1, 0.15) is 5.75 Å². The third kappa shape index (κ3) is 9.16. The molecular weight excluding hydrogens is 330 g/mol. The van der Waals surface area contributed by atoms with Crippen molar-refractivity contribution in [2.45, 2.75) is 65.2 Å². The van der Waals surface area contributed by atoms with E-state index < -0.39 is 10.9 Å². The van der Waals surface area contributed by atoms with Crippen LogP contribution in [0.25, 0.3) is 0 Å². The molecule has 0 amide bonds. The fourth-order valence-corrected chi connectivity index (χ4v) is 2.54. The number of carbonyl (C=O) groups excluding carboxylic acids is 1. The lowest BCUT2D eigenvalue weighted by Gasteiger charge is -2.06. The van der Waals surface area contributed by atoms with Gasteiger partial charge in [-0.25, -0.2) is 4.79 Å². The topological polar surface area (TPSA) is 69.4 Å². The fourth-order valence-electron chi connectivity index (χ4n) is 2.54. The summed E-state index contributed by atoms with van der Waals surface area (Å²) in [6, 6.07) is 5.46. The number of nitro benzene ring substituents is 1. The summed E-state index contributed by atoms with van der Waals surface area (Å²) in [5.41, 5.74) is 1.33. The summed E-state index contributed by atoms with van der Waals surface area (Å²) in [7, 11) is 0. The van der Waals surface area contributed by atoms with Gasteiger partial charge in [0.2, 0.25) is 0 Å². The quantitative estimate of drug-likeness (QED) is 0.0854. The van der Waals surface area contributed by atoms with Crippen LogP contribution in [-0.2, 0) is 4.79 Å². The zero-order chi connectivity index (χ0) is 19.2. The number of non-ortho nitro benzene ring substituents is 1. The van der Waals surface area contributed by atoms with Crippen LogP contribution in [0.3, 0.4) is 0 Å². The van der Waals surface area contributed by atoms with Crippen LogP contribution in [0.5, 0.6) is 5.75 Å². The second kappa shape index (κ2) is 12.9. The molecule has 26 heavy (non-hydrogen) atoms. The van der Waals surface area contributed by atoms with Gasteiger partial charge in [-0.05, 0) is 37.8 Å². The summed E-state index contributed by atoms with van der Waals surface area (Å²) in [6.45, 7) is 4.38. The van der Waals surface area contributed by atoms with E-state index in [0.29, 0.717) is 5.75 Å². The van der Waals surface area contributed by atoms with Crippen molar-refractivity contribution in [3.8, 4) is 5.75 Å². The van der Waals surface area contributed by atoms with Crippen molar-refractivity contribution in [3.63, 3.8) is 0 Å². The van der Waals surface area contributed by atoms with Crippen molar-refractivity contribution < 1.29 is 14.5 Å². The molecule has 1 rings (SSSR count). The molecule has 1 aromatic carbocycles. The van der Waals surface area contributed by atoms with Gasteiger partial charge in [-0.3, -0.25) is 10.1 Å². The van der Waals surface area contributed by atoms with Crippen LogP contribution in [0.4, 0.5) is 5.69 Å². The molecule has 0 aliphatic rings. The Balaban J connectivity index is 2.57. The molecular formula is C21H29NO4. The number of nitrogens with zero attached hydrogens (tertiary/aromatic N) is 1. The number of esters is 1. The van der Waals surface area contributed by atoms with Crippen LogP contribution in [-0.4, -0.2) is 10.9 Å². The maximum Gasteiger partial charge on any atom is 0.336 e. The third-order valence-corrected chi connectivity index (χ3v) is 4.03. The monoisotopic (exact) mass is 359 g/mol. The summed E-state index contributed by atoms with van der Waals surface area (Å²) >= 11 is 0. The van der Waals surface area contributed by atoms with Crippen molar-refractivity contribution in [3.05, 3.63) is 58.2 Å². The number of allylic oxidation sites excluding steroid dienone is 3. The number of hydrogen-bond donors (Lipinski definition) is 0. The lowest BCUT2D eigenvalue weighted by atomic mass is 10.0. The number of hydrogen-bond acceptors (Lipinski definition) is 4. The Morgan fingerprint density at radius 2 is 1.62 bits per heavy atom. The molecule has 0 saturated heterocycles. The second-order valence-corrected chi connectivity index (χ2v) is 6.27. The van der Waals surface area contributed by atoms with Crippen molar-refractivity contribution >= 4 is 11.7 Å². The van der Waals surface area contributed by atoms with Gasteiger partial charge in [-0.2, -0.15) is 0 Å². The van der Waals surface area contributed by atoms with Crippen LogP contribution in [0.1, 0.15) is 65.2 Å². The molecule has 1 aromatic rings. The van der Waals surface area contributed by atoms with Gasteiger partial charge >= 0.3 is 5.97 Å². The molecule has 0 spiro atoms. The summed E-state index contributed by atoms with van der Waals surface area (Å²) < 4.78 is 5.15. The van der Waals surface area contributed by atoms with Crippen molar-refractivity contribution in [1.82, 2.24) is 0 Å². The molecule has 5 heteroatoms. The molecule has 142 valence electrons. The van der Waals surface area contributed by atoms with E-state index in [-0.39, 0.29) is 5.69 Å². The zero-order valence-corrected chi connectivity index (χ0v) is 15.8. The van der Waals surface area contributed by atoms with Crippen molar-refractivity contribution in [1.29, 1.82) is 0 Å². The van der Waals surface area contributed by atoms with Gasteiger partial charge in [-0.1, -0.05) is 57.3 Å². The standard InChI is InChI=1S/C21H29NO4/c1-3-5-7-10-18(11-8-6-4-2)12-9-13-21(23)26-20-16-14-19(15-17-20)22(24)25/h9,12-17H,3-8,10-11H2,1-2H3/b13-9+.